The number of nitrogens with two attached hydrogens (primary N) is 1. The lowest BCUT2D eigenvalue weighted by atomic mass is 10.0. The van der Waals surface area contributed by atoms with Gasteiger partial charge in [-0.2, -0.15) is 0 Å². The largest absolute Gasteiger partial charge is 0.389 e. The average molecular weight is 249 g/mol. The Kier molecular flexibility index (Phi) is 4.35. The highest BCUT2D eigenvalue weighted by atomic mass is 16.3. The molecule has 0 aromatic heterocycles. The quantitative estimate of drug-likeness (QED) is 0.551. The summed E-state index contributed by atoms with van der Waals surface area (Å²) in [5.41, 5.74) is 7.57. The number of anilines is 1. The van der Waals surface area contributed by atoms with Gasteiger partial charge in [-0.3, -0.25) is 5.41 Å². The maximum Gasteiger partial charge on any atom is 0.124 e. The molecule has 18 heavy (non-hydrogen) atoms. The summed E-state index contributed by atoms with van der Waals surface area (Å²) in [6, 6.07) is 5.81. The van der Waals surface area contributed by atoms with Gasteiger partial charge in [0.05, 0.1) is 5.60 Å². The fourth-order valence-electron chi connectivity index (χ4n) is 1.97. The standard InChI is InChI=1S/C14H23N3O/c1-5-17(9-14(3,4)18)12-8-10(2)6-7-11(12)13(15)16/h6-8,18H,5,9H2,1-4H3,(H3,15,16). The van der Waals surface area contributed by atoms with Crippen molar-refractivity contribution in [1.82, 2.24) is 0 Å². The number of hydrogen-bond donors (Lipinski definition) is 3. The van der Waals surface area contributed by atoms with Gasteiger partial charge in [-0.05, 0) is 45.4 Å². The smallest absolute Gasteiger partial charge is 0.124 e. The zero-order valence-electron chi connectivity index (χ0n) is 11.6. The number of hydrogen-bond acceptors (Lipinski definition) is 3. The van der Waals surface area contributed by atoms with Crippen molar-refractivity contribution >= 4 is 11.5 Å². The maximum absolute atomic E-state index is 9.95. The Hall–Kier alpha value is -1.55. The first-order valence-electron chi connectivity index (χ1n) is 6.17. The van der Waals surface area contributed by atoms with Gasteiger partial charge in [0.2, 0.25) is 0 Å². The summed E-state index contributed by atoms with van der Waals surface area (Å²) < 4.78 is 0. The van der Waals surface area contributed by atoms with Gasteiger partial charge >= 0.3 is 0 Å². The number of amidine groups is 1. The van der Waals surface area contributed by atoms with Crippen LogP contribution in [-0.4, -0.2) is 29.6 Å². The van der Waals surface area contributed by atoms with E-state index in [1.807, 2.05) is 36.9 Å². The Balaban J connectivity index is 3.19. The number of aliphatic hydroxyl groups is 1. The van der Waals surface area contributed by atoms with Crippen LogP contribution in [0.4, 0.5) is 5.69 Å². The minimum Gasteiger partial charge on any atom is -0.389 e. The van der Waals surface area contributed by atoms with Crippen LogP contribution in [0.25, 0.3) is 0 Å². The van der Waals surface area contributed by atoms with Crippen molar-refractivity contribution in [2.75, 3.05) is 18.0 Å². The molecule has 0 aliphatic heterocycles. The van der Waals surface area contributed by atoms with Crippen molar-refractivity contribution in [3.05, 3.63) is 29.3 Å². The van der Waals surface area contributed by atoms with E-state index >= 15 is 0 Å². The van der Waals surface area contributed by atoms with Crippen LogP contribution >= 0.6 is 0 Å². The van der Waals surface area contributed by atoms with E-state index in [4.69, 9.17) is 11.1 Å². The van der Waals surface area contributed by atoms with Gasteiger partial charge in [-0.15, -0.1) is 0 Å². The second kappa shape index (κ2) is 5.40. The molecule has 0 fully saturated rings. The van der Waals surface area contributed by atoms with Crippen LogP contribution in [0, 0.1) is 12.3 Å². The van der Waals surface area contributed by atoms with Crippen LogP contribution in [0.3, 0.4) is 0 Å². The minimum absolute atomic E-state index is 0.0548. The van der Waals surface area contributed by atoms with Crippen molar-refractivity contribution in [3.8, 4) is 0 Å². The number of likely N-dealkylation sites (N-methyl/N-ethyl adjacent to an activating group) is 1. The molecule has 0 aliphatic rings. The number of nitrogen functional groups attached to an aromatic ring is 1. The Morgan fingerprint density at radius 3 is 2.50 bits per heavy atom. The zero-order chi connectivity index (χ0) is 13.9. The van der Waals surface area contributed by atoms with Gasteiger partial charge in [0, 0.05) is 24.3 Å². The van der Waals surface area contributed by atoms with Crippen molar-refractivity contribution < 1.29 is 5.11 Å². The number of benzene rings is 1. The molecule has 4 N–H and O–H groups in total. The molecule has 1 rings (SSSR count). The van der Waals surface area contributed by atoms with Crippen molar-refractivity contribution in [2.24, 2.45) is 5.73 Å². The molecule has 0 aliphatic carbocycles. The second-order valence-corrected chi connectivity index (χ2v) is 5.26. The van der Waals surface area contributed by atoms with Crippen molar-refractivity contribution in [2.45, 2.75) is 33.3 Å². The Morgan fingerprint density at radius 1 is 1.44 bits per heavy atom. The third-order valence-corrected chi connectivity index (χ3v) is 2.74. The monoisotopic (exact) mass is 249 g/mol. The Morgan fingerprint density at radius 2 is 2.06 bits per heavy atom. The first kappa shape index (κ1) is 14.5. The van der Waals surface area contributed by atoms with Crippen LogP contribution in [0.1, 0.15) is 31.9 Å². The molecule has 0 unspecified atom stereocenters. The molecule has 4 nitrogen and oxygen atoms in total. The molecular formula is C14H23N3O. The van der Waals surface area contributed by atoms with Crippen LogP contribution in [-0.2, 0) is 0 Å². The third kappa shape index (κ3) is 3.74. The van der Waals surface area contributed by atoms with E-state index in [0.29, 0.717) is 12.1 Å². The number of aryl methyl sites for hydroxylation is 1. The summed E-state index contributed by atoms with van der Waals surface area (Å²) in [6.07, 6.45) is 0. The lowest BCUT2D eigenvalue weighted by molar-refractivity contribution is 0.0876. The Bertz CT molecular complexity index is 435. The SMILES string of the molecule is CCN(CC(C)(C)O)c1cc(C)ccc1C(=N)N. The summed E-state index contributed by atoms with van der Waals surface area (Å²) in [7, 11) is 0. The topological polar surface area (TPSA) is 73.3 Å². The molecule has 0 heterocycles. The summed E-state index contributed by atoms with van der Waals surface area (Å²) >= 11 is 0. The highest BCUT2D eigenvalue weighted by Crippen LogP contribution is 2.23. The zero-order valence-corrected chi connectivity index (χ0v) is 11.6. The minimum atomic E-state index is -0.784. The molecular weight excluding hydrogens is 226 g/mol. The molecule has 1 aromatic rings. The van der Waals surface area contributed by atoms with E-state index in [1.165, 1.54) is 0 Å². The first-order chi connectivity index (χ1) is 8.24. The number of nitrogens with zero attached hydrogens (tertiary/aromatic N) is 1. The number of rotatable bonds is 5. The maximum atomic E-state index is 9.95. The molecule has 100 valence electrons. The van der Waals surface area contributed by atoms with Gasteiger partial charge in [0.15, 0.2) is 0 Å². The van der Waals surface area contributed by atoms with Crippen molar-refractivity contribution in [1.29, 1.82) is 5.41 Å². The first-order valence-corrected chi connectivity index (χ1v) is 6.17. The van der Waals surface area contributed by atoms with Crippen molar-refractivity contribution in [3.63, 3.8) is 0 Å². The highest BCUT2D eigenvalue weighted by molar-refractivity contribution is 6.00. The molecule has 0 bridgehead atoms. The molecule has 0 atom stereocenters. The van der Waals surface area contributed by atoms with Crippen LogP contribution in [0.2, 0.25) is 0 Å². The van der Waals surface area contributed by atoms with Crippen LogP contribution in [0.5, 0.6) is 0 Å². The van der Waals surface area contributed by atoms with Crippen LogP contribution in [0.15, 0.2) is 18.2 Å². The van der Waals surface area contributed by atoms with Gasteiger partial charge in [0.25, 0.3) is 0 Å². The van der Waals surface area contributed by atoms with E-state index in [1.54, 1.807) is 13.8 Å². The lowest BCUT2D eigenvalue weighted by Crippen LogP contribution is -2.39. The number of nitrogens with one attached hydrogen (secondary N) is 1. The Labute approximate surface area is 109 Å². The molecule has 0 amide bonds. The van der Waals surface area contributed by atoms with E-state index in [2.05, 4.69) is 0 Å². The fourth-order valence-corrected chi connectivity index (χ4v) is 1.97. The molecule has 0 radical (unpaired) electrons. The second-order valence-electron chi connectivity index (χ2n) is 5.26. The summed E-state index contributed by atoms with van der Waals surface area (Å²) in [4.78, 5) is 2.05. The summed E-state index contributed by atoms with van der Waals surface area (Å²) in [6.45, 7) is 8.85. The predicted molar refractivity (Wildman–Crippen MR) is 76.4 cm³/mol. The lowest BCUT2D eigenvalue weighted by Gasteiger charge is -2.31. The molecule has 0 saturated carbocycles. The molecule has 1 aromatic carbocycles. The van der Waals surface area contributed by atoms with E-state index in [0.717, 1.165) is 17.8 Å². The van der Waals surface area contributed by atoms with E-state index in [9.17, 15) is 5.11 Å². The summed E-state index contributed by atoms with van der Waals surface area (Å²) in [5, 5.41) is 17.6. The van der Waals surface area contributed by atoms with Gasteiger partial charge < -0.3 is 15.7 Å². The van der Waals surface area contributed by atoms with Gasteiger partial charge in [-0.25, -0.2) is 0 Å². The molecule has 0 spiro atoms. The van der Waals surface area contributed by atoms with Gasteiger partial charge in [-0.1, -0.05) is 6.07 Å². The van der Waals surface area contributed by atoms with Gasteiger partial charge in [0.1, 0.15) is 5.84 Å². The van der Waals surface area contributed by atoms with E-state index in [-0.39, 0.29) is 5.84 Å². The predicted octanol–water partition coefficient (Wildman–Crippen LogP) is 1.88. The fraction of sp³-hybridized carbons (Fsp3) is 0.500. The summed E-state index contributed by atoms with van der Waals surface area (Å²) in [5.74, 6) is 0.0548. The molecule has 4 heteroatoms. The highest BCUT2D eigenvalue weighted by Gasteiger charge is 2.20. The van der Waals surface area contributed by atoms with E-state index < -0.39 is 5.60 Å². The molecule has 0 saturated heterocycles. The average Bonchev–Trinajstić information content (AvgIpc) is 2.24. The third-order valence-electron chi connectivity index (χ3n) is 2.74. The van der Waals surface area contributed by atoms with Crippen LogP contribution < -0.4 is 10.6 Å². The normalized spacial score (nSPS) is 11.4.